The third kappa shape index (κ3) is 3.07. The first-order valence-corrected chi connectivity index (χ1v) is 8.05. The molecule has 0 aliphatic heterocycles. The summed E-state index contributed by atoms with van der Waals surface area (Å²) in [6, 6.07) is 3.59. The Kier molecular flexibility index (Phi) is 4.76. The summed E-state index contributed by atoms with van der Waals surface area (Å²) in [4.78, 5) is 30.5. The molecule has 0 saturated heterocycles. The highest BCUT2D eigenvalue weighted by Gasteiger charge is 2.14. The van der Waals surface area contributed by atoms with Crippen LogP contribution in [-0.2, 0) is 14.1 Å². The fourth-order valence-corrected chi connectivity index (χ4v) is 2.84. The number of methoxy groups -OCH3 is 3. The molecule has 3 rings (SSSR count). The van der Waals surface area contributed by atoms with Gasteiger partial charge in [0.05, 0.1) is 21.3 Å². The number of nitrogens with one attached hydrogen (secondary N) is 1. The van der Waals surface area contributed by atoms with Crippen molar-refractivity contribution in [1.82, 2.24) is 19.1 Å². The smallest absolute Gasteiger partial charge is 0.329 e. The number of aromatic amines is 1. The molecule has 3 aromatic rings. The van der Waals surface area contributed by atoms with E-state index in [2.05, 4.69) is 9.97 Å². The zero-order valence-electron chi connectivity index (χ0n) is 15.7. The first-order valence-electron chi connectivity index (χ1n) is 8.05. The molecule has 0 unspecified atom stereocenters. The van der Waals surface area contributed by atoms with Gasteiger partial charge in [-0.1, -0.05) is 6.08 Å². The molecule has 9 nitrogen and oxygen atoms in total. The van der Waals surface area contributed by atoms with Crippen LogP contribution in [0.25, 0.3) is 23.3 Å². The Morgan fingerprint density at radius 2 is 1.59 bits per heavy atom. The van der Waals surface area contributed by atoms with Gasteiger partial charge in [0, 0.05) is 14.1 Å². The van der Waals surface area contributed by atoms with Crippen molar-refractivity contribution in [2.24, 2.45) is 14.1 Å². The van der Waals surface area contributed by atoms with Gasteiger partial charge >= 0.3 is 5.69 Å². The summed E-state index contributed by atoms with van der Waals surface area (Å²) < 4.78 is 18.9. The van der Waals surface area contributed by atoms with Crippen LogP contribution in [0.1, 0.15) is 11.4 Å². The first-order chi connectivity index (χ1) is 12.9. The lowest BCUT2D eigenvalue weighted by Gasteiger charge is -2.12. The molecule has 1 aromatic carbocycles. The van der Waals surface area contributed by atoms with E-state index >= 15 is 0 Å². The number of rotatable bonds is 5. The van der Waals surface area contributed by atoms with Crippen molar-refractivity contribution < 1.29 is 14.2 Å². The highest BCUT2D eigenvalue weighted by atomic mass is 16.5. The molecule has 0 bridgehead atoms. The zero-order chi connectivity index (χ0) is 19.7. The van der Waals surface area contributed by atoms with Crippen molar-refractivity contribution in [3.05, 3.63) is 44.4 Å². The van der Waals surface area contributed by atoms with E-state index in [1.807, 2.05) is 0 Å². The molecule has 0 aliphatic rings. The number of hydrogen-bond acceptors (Lipinski definition) is 6. The maximum Gasteiger partial charge on any atom is 0.329 e. The number of H-pyrrole nitrogens is 1. The van der Waals surface area contributed by atoms with Crippen molar-refractivity contribution in [3.63, 3.8) is 0 Å². The van der Waals surface area contributed by atoms with Crippen molar-refractivity contribution in [2.75, 3.05) is 21.3 Å². The van der Waals surface area contributed by atoms with E-state index in [0.717, 1.165) is 5.56 Å². The van der Waals surface area contributed by atoms with Crippen molar-refractivity contribution in [1.29, 1.82) is 0 Å². The lowest BCUT2D eigenvalue weighted by Crippen LogP contribution is -2.29. The summed E-state index contributed by atoms with van der Waals surface area (Å²) in [7, 11) is 7.90. The van der Waals surface area contributed by atoms with Crippen molar-refractivity contribution in [3.8, 4) is 17.2 Å². The molecule has 142 valence electrons. The Bertz CT molecular complexity index is 1130. The molecule has 1 N–H and O–H groups in total. The topological polar surface area (TPSA) is 100 Å². The van der Waals surface area contributed by atoms with Crippen LogP contribution >= 0.6 is 0 Å². The predicted molar refractivity (Wildman–Crippen MR) is 102 cm³/mol. The summed E-state index contributed by atoms with van der Waals surface area (Å²) in [5, 5.41) is 0. The Morgan fingerprint density at radius 3 is 2.15 bits per heavy atom. The molecular weight excluding hydrogens is 352 g/mol. The van der Waals surface area contributed by atoms with E-state index in [1.54, 1.807) is 57.2 Å². The standard InChI is InChI=1S/C18H20N4O5/c1-21-13(19-16-14(21)17(23)20-18(24)22(16)2)7-6-10-8-11(25-3)15(27-5)12(9-10)26-4/h6-9H,1-5H3,(H,20,23,24). The molecule has 0 radical (unpaired) electrons. The van der Waals surface area contributed by atoms with Crippen LogP contribution in [0.4, 0.5) is 0 Å². The van der Waals surface area contributed by atoms with Gasteiger partial charge in [-0.05, 0) is 23.8 Å². The fourth-order valence-electron chi connectivity index (χ4n) is 2.84. The molecule has 2 heterocycles. The van der Waals surface area contributed by atoms with Gasteiger partial charge in [0.25, 0.3) is 5.56 Å². The summed E-state index contributed by atoms with van der Waals surface area (Å²) in [6.07, 6.45) is 3.54. The molecule has 0 amide bonds. The maximum absolute atomic E-state index is 12.1. The van der Waals surface area contributed by atoms with Gasteiger partial charge in [0.15, 0.2) is 22.7 Å². The number of aromatic nitrogens is 4. The normalized spacial score (nSPS) is 11.3. The number of imidazole rings is 1. The summed E-state index contributed by atoms with van der Waals surface area (Å²) in [5.41, 5.74) is 0.443. The van der Waals surface area contributed by atoms with Gasteiger partial charge < -0.3 is 18.8 Å². The van der Waals surface area contributed by atoms with E-state index < -0.39 is 11.2 Å². The molecule has 2 aromatic heterocycles. The second kappa shape index (κ2) is 7.02. The van der Waals surface area contributed by atoms with Crippen LogP contribution < -0.4 is 25.5 Å². The van der Waals surface area contributed by atoms with E-state index in [9.17, 15) is 9.59 Å². The average Bonchev–Trinajstić information content (AvgIpc) is 3.00. The van der Waals surface area contributed by atoms with Gasteiger partial charge in [-0.2, -0.15) is 0 Å². The van der Waals surface area contributed by atoms with Gasteiger partial charge in [0.2, 0.25) is 5.75 Å². The van der Waals surface area contributed by atoms with Gasteiger partial charge in [-0.3, -0.25) is 14.3 Å². The molecule has 9 heteroatoms. The molecule has 0 saturated carbocycles. The zero-order valence-corrected chi connectivity index (χ0v) is 15.7. The lowest BCUT2D eigenvalue weighted by atomic mass is 10.1. The van der Waals surface area contributed by atoms with Crippen LogP contribution in [0, 0.1) is 0 Å². The quantitative estimate of drug-likeness (QED) is 0.721. The third-order valence-corrected chi connectivity index (χ3v) is 4.28. The van der Waals surface area contributed by atoms with E-state index in [-0.39, 0.29) is 0 Å². The second-order valence-corrected chi connectivity index (χ2v) is 5.81. The lowest BCUT2D eigenvalue weighted by molar-refractivity contribution is 0.324. The molecule has 0 fully saturated rings. The number of nitrogens with zero attached hydrogens (tertiary/aromatic N) is 3. The fraction of sp³-hybridized carbons (Fsp3) is 0.278. The van der Waals surface area contributed by atoms with E-state index in [4.69, 9.17) is 14.2 Å². The van der Waals surface area contributed by atoms with Gasteiger partial charge in [-0.25, -0.2) is 9.78 Å². The van der Waals surface area contributed by atoms with E-state index in [0.29, 0.717) is 34.2 Å². The van der Waals surface area contributed by atoms with Crippen LogP contribution in [0.15, 0.2) is 21.7 Å². The molecule has 0 spiro atoms. The predicted octanol–water partition coefficient (Wildman–Crippen LogP) is 1.16. The molecule has 27 heavy (non-hydrogen) atoms. The average molecular weight is 372 g/mol. The summed E-state index contributed by atoms with van der Waals surface area (Å²) in [6.45, 7) is 0. The maximum atomic E-state index is 12.1. The Balaban J connectivity index is 2.11. The number of fused-ring (bicyclic) bond motifs is 1. The largest absolute Gasteiger partial charge is 0.493 e. The summed E-state index contributed by atoms with van der Waals surface area (Å²) in [5.74, 6) is 2.08. The van der Waals surface area contributed by atoms with Crippen LogP contribution in [-0.4, -0.2) is 40.4 Å². The summed E-state index contributed by atoms with van der Waals surface area (Å²) >= 11 is 0. The first kappa shape index (κ1) is 18.3. The third-order valence-electron chi connectivity index (χ3n) is 4.28. The van der Waals surface area contributed by atoms with Crippen LogP contribution in [0.2, 0.25) is 0 Å². The van der Waals surface area contributed by atoms with Crippen LogP contribution in [0.3, 0.4) is 0 Å². The van der Waals surface area contributed by atoms with E-state index in [1.165, 1.54) is 11.7 Å². The van der Waals surface area contributed by atoms with Crippen LogP contribution in [0.5, 0.6) is 17.2 Å². The van der Waals surface area contributed by atoms with Gasteiger partial charge in [0.1, 0.15) is 5.82 Å². The minimum atomic E-state index is -0.509. The van der Waals surface area contributed by atoms with Gasteiger partial charge in [-0.15, -0.1) is 0 Å². The molecule has 0 aliphatic carbocycles. The minimum Gasteiger partial charge on any atom is -0.493 e. The Morgan fingerprint density at radius 1 is 0.963 bits per heavy atom. The number of benzene rings is 1. The second-order valence-electron chi connectivity index (χ2n) is 5.81. The number of ether oxygens (including phenoxy) is 3. The Labute approximate surface area is 154 Å². The number of aryl methyl sites for hydroxylation is 2. The molecule has 0 atom stereocenters. The SMILES string of the molecule is COc1cc(C=Cc2nc3c(c(=O)[nH]c(=O)n3C)n2C)cc(OC)c1OC. The monoisotopic (exact) mass is 372 g/mol. The highest BCUT2D eigenvalue weighted by Crippen LogP contribution is 2.38. The number of hydrogen-bond donors (Lipinski definition) is 1. The molecular formula is C18H20N4O5. The highest BCUT2D eigenvalue weighted by molar-refractivity contribution is 5.77. The Hall–Kier alpha value is -3.49. The van der Waals surface area contributed by atoms with Crippen molar-refractivity contribution in [2.45, 2.75) is 0 Å². The minimum absolute atomic E-state index is 0.316. The van der Waals surface area contributed by atoms with Crippen molar-refractivity contribution >= 4 is 23.3 Å².